The van der Waals surface area contributed by atoms with E-state index >= 15 is 0 Å². The molecule has 0 aliphatic heterocycles. The molecule has 2 rings (SSSR count). The molecule has 0 atom stereocenters. The van der Waals surface area contributed by atoms with Crippen molar-refractivity contribution in [3.8, 4) is 0 Å². The van der Waals surface area contributed by atoms with E-state index in [2.05, 4.69) is 21.0 Å². The minimum atomic E-state index is -0.935. The number of carbonyl (C=O) groups is 1. The van der Waals surface area contributed by atoms with Gasteiger partial charge in [-0.15, -0.1) is 0 Å². The zero-order valence-corrected chi connectivity index (χ0v) is 8.95. The van der Waals surface area contributed by atoms with Crippen molar-refractivity contribution in [3.05, 3.63) is 28.4 Å². The molecule has 0 saturated heterocycles. The van der Waals surface area contributed by atoms with Crippen LogP contribution in [0.3, 0.4) is 0 Å². The average Bonchev–Trinajstić information content (AvgIpc) is 2.47. The first kappa shape index (κ1) is 9.21. The SMILES string of the molecule is Cn1cc2c(C(=O)O)ccc(Br)c2n1. The summed E-state index contributed by atoms with van der Waals surface area (Å²) < 4.78 is 2.40. The highest BCUT2D eigenvalue weighted by atomic mass is 79.9. The maximum Gasteiger partial charge on any atom is 0.336 e. The predicted molar refractivity (Wildman–Crippen MR) is 55.4 cm³/mol. The summed E-state index contributed by atoms with van der Waals surface area (Å²) in [6.07, 6.45) is 1.70. The van der Waals surface area contributed by atoms with Crippen LogP contribution in [0.15, 0.2) is 22.8 Å². The fourth-order valence-electron chi connectivity index (χ4n) is 1.37. The number of nitrogens with zero attached hydrogens (tertiary/aromatic N) is 2. The second-order valence-corrected chi connectivity index (χ2v) is 3.82. The number of aromatic nitrogens is 2. The number of aromatic carboxylic acids is 1. The summed E-state index contributed by atoms with van der Waals surface area (Å²) in [5.41, 5.74) is 0.948. The molecule has 4 nitrogen and oxygen atoms in total. The molecule has 0 bridgehead atoms. The van der Waals surface area contributed by atoms with Crippen molar-refractivity contribution in [2.45, 2.75) is 0 Å². The summed E-state index contributed by atoms with van der Waals surface area (Å²) in [5, 5.41) is 13.7. The van der Waals surface area contributed by atoms with Crippen molar-refractivity contribution in [3.63, 3.8) is 0 Å². The summed E-state index contributed by atoms with van der Waals surface area (Å²) in [6, 6.07) is 3.26. The first-order valence-corrected chi connectivity index (χ1v) is 4.74. The quantitative estimate of drug-likeness (QED) is 0.848. The predicted octanol–water partition coefficient (Wildman–Crippen LogP) is 2.03. The van der Waals surface area contributed by atoms with Crippen LogP contribution in [0.25, 0.3) is 10.9 Å². The third-order valence-corrected chi connectivity index (χ3v) is 2.61. The van der Waals surface area contributed by atoms with Crippen molar-refractivity contribution in [2.24, 2.45) is 7.05 Å². The van der Waals surface area contributed by atoms with E-state index in [9.17, 15) is 4.79 Å². The van der Waals surface area contributed by atoms with Crippen LogP contribution in [0, 0.1) is 0 Å². The monoisotopic (exact) mass is 254 g/mol. The number of carboxylic acid groups (broad SMARTS) is 1. The Morgan fingerprint density at radius 3 is 2.93 bits per heavy atom. The Morgan fingerprint density at radius 1 is 1.57 bits per heavy atom. The van der Waals surface area contributed by atoms with Crippen LogP contribution in [0.2, 0.25) is 0 Å². The van der Waals surface area contributed by atoms with Crippen LogP contribution < -0.4 is 0 Å². The lowest BCUT2D eigenvalue weighted by atomic mass is 10.1. The minimum Gasteiger partial charge on any atom is -0.478 e. The van der Waals surface area contributed by atoms with Gasteiger partial charge in [0, 0.05) is 23.1 Å². The lowest BCUT2D eigenvalue weighted by Crippen LogP contribution is -1.96. The van der Waals surface area contributed by atoms with Crippen LogP contribution in [-0.4, -0.2) is 20.9 Å². The molecule has 0 spiro atoms. The molecule has 1 N–H and O–H groups in total. The topological polar surface area (TPSA) is 55.1 Å². The molecule has 5 heteroatoms. The number of benzene rings is 1. The van der Waals surface area contributed by atoms with Crippen LogP contribution >= 0.6 is 15.9 Å². The van der Waals surface area contributed by atoms with E-state index in [4.69, 9.17) is 5.11 Å². The van der Waals surface area contributed by atoms with Crippen molar-refractivity contribution in [1.82, 2.24) is 9.78 Å². The van der Waals surface area contributed by atoms with Gasteiger partial charge in [0.15, 0.2) is 0 Å². The Morgan fingerprint density at radius 2 is 2.29 bits per heavy atom. The van der Waals surface area contributed by atoms with E-state index in [0.29, 0.717) is 10.9 Å². The van der Waals surface area contributed by atoms with E-state index in [1.807, 2.05) is 0 Å². The summed E-state index contributed by atoms with van der Waals surface area (Å²) in [5.74, 6) is -0.935. The number of carboxylic acids is 1. The molecule has 0 saturated carbocycles. The van der Waals surface area contributed by atoms with Crippen molar-refractivity contribution >= 4 is 32.8 Å². The van der Waals surface area contributed by atoms with Crippen LogP contribution in [0.5, 0.6) is 0 Å². The molecule has 0 fully saturated rings. The second kappa shape index (κ2) is 3.09. The van der Waals surface area contributed by atoms with E-state index < -0.39 is 5.97 Å². The zero-order chi connectivity index (χ0) is 10.3. The zero-order valence-electron chi connectivity index (χ0n) is 7.36. The Labute approximate surface area is 88.3 Å². The molecule has 2 aromatic rings. The molecular formula is C9H7BrN2O2. The molecule has 0 amide bonds. The maximum absolute atomic E-state index is 10.9. The smallest absolute Gasteiger partial charge is 0.336 e. The standard InChI is InChI=1S/C9H7BrN2O2/c1-12-4-6-5(9(13)14)2-3-7(10)8(6)11-12/h2-4H,1H3,(H,13,14). The minimum absolute atomic E-state index is 0.274. The van der Waals surface area contributed by atoms with Crippen LogP contribution in [-0.2, 0) is 7.05 Å². The highest BCUT2D eigenvalue weighted by Gasteiger charge is 2.12. The van der Waals surface area contributed by atoms with Crippen LogP contribution in [0.4, 0.5) is 0 Å². The van der Waals surface area contributed by atoms with Crippen LogP contribution in [0.1, 0.15) is 10.4 Å². The van der Waals surface area contributed by atoms with E-state index in [1.54, 1.807) is 30.1 Å². The highest BCUT2D eigenvalue weighted by molar-refractivity contribution is 9.10. The molecule has 1 heterocycles. The van der Waals surface area contributed by atoms with Gasteiger partial charge in [-0.05, 0) is 28.1 Å². The van der Waals surface area contributed by atoms with Crippen molar-refractivity contribution in [1.29, 1.82) is 0 Å². The Hall–Kier alpha value is -1.36. The van der Waals surface area contributed by atoms with Gasteiger partial charge >= 0.3 is 5.97 Å². The number of hydrogen-bond acceptors (Lipinski definition) is 2. The van der Waals surface area contributed by atoms with Gasteiger partial charge in [-0.2, -0.15) is 5.10 Å². The van der Waals surface area contributed by atoms with E-state index in [0.717, 1.165) is 4.47 Å². The average molecular weight is 255 g/mol. The summed E-state index contributed by atoms with van der Waals surface area (Å²) in [7, 11) is 1.76. The third-order valence-electron chi connectivity index (χ3n) is 1.97. The molecule has 0 unspecified atom stereocenters. The second-order valence-electron chi connectivity index (χ2n) is 2.97. The molecular weight excluding hydrogens is 248 g/mol. The van der Waals surface area contributed by atoms with Gasteiger partial charge in [-0.1, -0.05) is 0 Å². The highest BCUT2D eigenvalue weighted by Crippen LogP contribution is 2.25. The van der Waals surface area contributed by atoms with E-state index in [1.165, 1.54) is 0 Å². The van der Waals surface area contributed by atoms with Crippen molar-refractivity contribution in [2.75, 3.05) is 0 Å². The van der Waals surface area contributed by atoms with Gasteiger partial charge in [0.2, 0.25) is 0 Å². The number of aryl methyl sites for hydroxylation is 1. The lowest BCUT2D eigenvalue weighted by molar-refractivity contribution is 0.0699. The summed E-state index contributed by atoms with van der Waals surface area (Å²) in [6.45, 7) is 0. The van der Waals surface area contributed by atoms with Gasteiger partial charge in [0.05, 0.1) is 5.56 Å². The Kier molecular flexibility index (Phi) is 2.03. The maximum atomic E-state index is 10.9. The fourth-order valence-corrected chi connectivity index (χ4v) is 1.80. The summed E-state index contributed by atoms with van der Waals surface area (Å²) >= 11 is 3.32. The number of halogens is 1. The first-order chi connectivity index (χ1) is 6.59. The molecule has 14 heavy (non-hydrogen) atoms. The van der Waals surface area contributed by atoms with Crippen molar-refractivity contribution < 1.29 is 9.90 Å². The molecule has 0 radical (unpaired) electrons. The normalized spacial score (nSPS) is 10.7. The van der Waals surface area contributed by atoms with Gasteiger partial charge in [-0.25, -0.2) is 4.79 Å². The van der Waals surface area contributed by atoms with E-state index in [-0.39, 0.29) is 5.56 Å². The molecule has 0 aliphatic rings. The van der Waals surface area contributed by atoms with Gasteiger partial charge < -0.3 is 5.11 Å². The largest absolute Gasteiger partial charge is 0.478 e. The van der Waals surface area contributed by atoms with Gasteiger partial charge in [0.25, 0.3) is 0 Å². The molecule has 1 aromatic carbocycles. The third kappa shape index (κ3) is 1.29. The summed E-state index contributed by atoms with van der Waals surface area (Å²) in [4.78, 5) is 10.9. The lowest BCUT2D eigenvalue weighted by Gasteiger charge is -1.96. The molecule has 1 aromatic heterocycles. The fraction of sp³-hybridized carbons (Fsp3) is 0.111. The number of fused-ring (bicyclic) bond motifs is 1. The Bertz CT molecular complexity index is 519. The van der Waals surface area contributed by atoms with Gasteiger partial charge in [-0.3, -0.25) is 4.68 Å². The first-order valence-electron chi connectivity index (χ1n) is 3.95. The molecule has 0 aliphatic carbocycles. The number of hydrogen-bond donors (Lipinski definition) is 1. The number of rotatable bonds is 1. The molecule has 72 valence electrons. The Balaban J connectivity index is 2.87. The van der Waals surface area contributed by atoms with Gasteiger partial charge in [0.1, 0.15) is 5.52 Å².